The monoisotopic (exact) mass is 882 g/mol. The fourth-order valence-corrected chi connectivity index (χ4v) is 12.5. The number of hydrogen-bond acceptors (Lipinski definition) is 10. The van der Waals surface area contributed by atoms with E-state index in [4.69, 9.17) is 0 Å². The lowest BCUT2D eigenvalue weighted by Gasteiger charge is -2.35. The minimum absolute atomic E-state index is 0.0691. The topological polar surface area (TPSA) is 216 Å². The number of pyridine rings is 1. The highest BCUT2D eigenvalue weighted by Gasteiger charge is 2.85. The van der Waals surface area contributed by atoms with E-state index in [-0.39, 0.29) is 45.9 Å². The quantitative estimate of drug-likeness (QED) is 0.163. The second-order valence-corrected chi connectivity index (χ2v) is 22.9. The van der Waals surface area contributed by atoms with E-state index in [0.29, 0.717) is 6.42 Å². The first-order chi connectivity index (χ1) is 28.4. The molecule has 18 heteroatoms. The zero-order valence-electron chi connectivity index (χ0n) is 36.7. The van der Waals surface area contributed by atoms with Crippen molar-refractivity contribution < 1.29 is 36.0 Å². The van der Waals surface area contributed by atoms with Gasteiger partial charge in [-0.2, -0.15) is 4.31 Å². The van der Waals surface area contributed by atoms with Gasteiger partial charge in [-0.05, 0) is 72.1 Å². The van der Waals surface area contributed by atoms with Crippen LogP contribution in [0.2, 0.25) is 0 Å². The lowest BCUT2D eigenvalue weighted by Crippen LogP contribution is -2.60. The van der Waals surface area contributed by atoms with E-state index in [0.717, 1.165) is 23.6 Å². The third kappa shape index (κ3) is 7.81. The molecular formula is C43H62N8O8S2. The highest BCUT2D eigenvalue weighted by atomic mass is 32.2. The van der Waals surface area contributed by atoms with Gasteiger partial charge in [0.05, 0.1) is 5.69 Å². The molecule has 6 atom stereocenters. The van der Waals surface area contributed by atoms with Crippen molar-refractivity contribution >= 4 is 49.5 Å². The molecule has 1 aromatic carbocycles. The van der Waals surface area contributed by atoms with Crippen molar-refractivity contribution in [3.8, 4) is 0 Å². The van der Waals surface area contributed by atoms with Gasteiger partial charge in [-0.3, -0.25) is 14.4 Å². The average Bonchev–Trinajstić information content (AvgIpc) is 3.91. The summed E-state index contributed by atoms with van der Waals surface area (Å²) < 4.78 is 57.1. The number of nitrogens with one attached hydrogen (secondary N) is 5. The van der Waals surface area contributed by atoms with Crippen LogP contribution < -0.4 is 26.0 Å². The molecule has 0 radical (unpaired) electrons. The van der Waals surface area contributed by atoms with Crippen molar-refractivity contribution in [2.45, 2.75) is 114 Å². The van der Waals surface area contributed by atoms with Gasteiger partial charge < -0.3 is 26.2 Å². The molecule has 4 aliphatic rings. The molecule has 2 heterocycles. The molecular weight excluding hydrogens is 821 g/mol. The summed E-state index contributed by atoms with van der Waals surface area (Å²) in [6.45, 7) is 17.5. The molecule has 3 aliphatic carbocycles. The Kier molecular flexibility index (Phi) is 12.0. The number of likely N-dealkylation sites (N-methyl/N-ethyl adjacent to an activating group) is 1. The van der Waals surface area contributed by atoms with Gasteiger partial charge in [0.1, 0.15) is 22.5 Å². The number of likely N-dealkylation sites (tertiary alicyclic amines) is 1. The van der Waals surface area contributed by atoms with Gasteiger partial charge >= 0.3 is 6.03 Å². The molecule has 2 spiro atoms. The SMILES string of the molecule is C=C[C@@H]1C[C@]1(NC(=O)[C@@H]1C[C@@]2(CN1C(=O)C(NC(=O)N[C@H](CN(C)S(=O)(=O)c1ccccn1)C(C)(C)C)C(C)C)C(C)(C)C21CCC1)C(=O)NS(=O)(=O)c1ccccc1NC. The first-order valence-electron chi connectivity index (χ1n) is 20.9. The Balaban J connectivity index is 1.24. The van der Waals surface area contributed by atoms with Crippen LogP contribution >= 0.6 is 0 Å². The lowest BCUT2D eigenvalue weighted by molar-refractivity contribution is -0.141. The number of anilines is 1. The molecule has 1 aromatic heterocycles. The summed E-state index contributed by atoms with van der Waals surface area (Å²) in [6, 6.07) is 7.23. The summed E-state index contributed by atoms with van der Waals surface area (Å²) in [4.78, 5) is 62.9. The summed E-state index contributed by atoms with van der Waals surface area (Å²) in [6.07, 6.45) is 6.30. The number of sulfonamides is 2. The van der Waals surface area contributed by atoms with Gasteiger partial charge in [-0.15, -0.1) is 6.58 Å². The Hall–Kier alpha value is -4.55. The normalized spacial score (nSPS) is 25.9. The third-order valence-electron chi connectivity index (χ3n) is 14.4. The van der Waals surface area contributed by atoms with Crippen LogP contribution in [0.15, 0.2) is 71.2 Å². The number of nitrogens with zero attached hydrogens (tertiary/aromatic N) is 3. The van der Waals surface area contributed by atoms with Crippen LogP contribution in [0.3, 0.4) is 0 Å². The average molecular weight is 883 g/mol. The van der Waals surface area contributed by atoms with E-state index in [1.54, 1.807) is 56.1 Å². The molecule has 1 aliphatic heterocycles. The number of benzene rings is 1. The van der Waals surface area contributed by atoms with Crippen LogP contribution in [0.25, 0.3) is 0 Å². The van der Waals surface area contributed by atoms with Crippen LogP contribution in [0, 0.1) is 33.5 Å². The second kappa shape index (κ2) is 16.0. The zero-order valence-corrected chi connectivity index (χ0v) is 38.3. The van der Waals surface area contributed by atoms with Crippen LogP contribution in [0.1, 0.15) is 80.6 Å². The maximum absolute atomic E-state index is 14.9. The number of hydrogen-bond donors (Lipinski definition) is 5. The number of carbonyl (C=O) groups excluding carboxylic acids is 4. The number of para-hydroxylation sites is 1. The van der Waals surface area contributed by atoms with E-state index in [1.807, 2.05) is 20.8 Å². The Labute approximate surface area is 360 Å². The van der Waals surface area contributed by atoms with Crippen molar-refractivity contribution in [2.24, 2.45) is 33.5 Å². The minimum Gasteiger partial charge on any atom is -0.387 e. The lowest BCUT2D eigenvalue weighted by atomic mass is 9.73. The summed E-state index contributed by atoms with van der Waals surface area (Å²) in [5, 5.41) is 11.4. The molecule has 1 saturated heterocycles. The van der Waals surface area contributed by atoms with E-state index >= 15 is 0 Å². The summed E-state index contributed by atoms with van der Waals surface area (Å²) in [5.74, 6) is -2.97. The third-order valence-corrected chi connectivity index (χ3v) is 17.6. The first kappa shape index (κ1) is 46.0. The highest BCUT2D eigenvalue weighted by molar-refractivity contribution is 7.90. The molecule has 2 aromatic rings. The van der Waals surface area contributed by atoms with Crippen molar-refractivity contribution in [3.05, 3.63) is 61.3 Å². The molecule has 5 N–H and O–H groups in total. The van der Waals surface area contributed by atoms with Gasteiger partial charge in [-0.1, -0.05) is 79.2 Å². The predicted octanol–water partition coefficient (Wildman–Crippen LogP) is 3.85. The first-order valence-corrected chi connectivity index (χ1v) is 23.8. The molecule has 1 unspecified atom stereocenters. The minimum atomic E-state index is -4.36. The van der Waals surface area contributed by atoms with E-state index < -0.39 is 90.1 Å². The van der Waals surface area contributed by atoms with Crippen LogP contribution in [-0.4, -0.2) is 106 Å². The number of amides is 5. The Bertz CT molecular complexity index is 2290. The standard InChI is InChI=1S/C43H62N8O8S2/c1-11-28-23-43(28,37(54)49-60(56,57)31-18-13-12-17-29(31)44-9)48-35(52)30-24-42(40(7,8)41(42)20-16-21-41)26-51(30)36(53)34(27(2)3)47-38(55)46-32(39(4,5)6)25-50(10)61(58,59)33-19-14-15-22-45-33/h11-15,17-19,22,27-28,30,32,34,44H,1,16,20-21,23-26H2,2-10H3,(H,48,52)(H,49,54)(H2,46,47,55)/t28-,30+,32-,34?,42-,43-/m1/s1. The largest absolute Gasteiger partial charge is 0.387 e. The van der Waals surface area contributed by atoms with Crippen LogP contribution in [0.4, 0.5) is 10.5 Å². The summed E-state index contributed by atoms with van der Waals surface area (Å²) >= 11 is 0. The summed E-state index contributed by atoms with van der Waals surface area (Å²) in [7, 11) is -5.36. The van der Waals surface area contributed by atoms with Gasteiger partial charge in [0.25, 0.3) is 26.0 Å². The number of urea groups is 1. The van der Waals surface area contributed by atoms with Gasteiger partial charge in [0.2, 0.25) is 11.8 Å². The molecule has 16 nitrogen and oxygen atoms in total. The van der Waals surface area contributed by atoms with Crippen LogP contribution in [0.5, 0.6) is 0 Å². The molecule has 6 rings (SSSR count). The fourth-order valence-electron chi connectivity index (χ4n) is 10.2. The molecule has 0 bridgehead atoms. The molecule has 3 saturated carbocycles. The van der Waals surface area contributed by atoms with Crippen molar-refractivity contribution in [2.75, 3.05) is 32.5 Å². The summed E-state index contributed by atoms with van der Waals surface area (Å²) in [5.41, 5.74) is -2.61. The number of fused-ring (bicyclic) bond motifs is 1. The van der Waals surface area contributed by atoms with E-state index in [9.17, 15) is 36.0 Å². The maximum atomic E-state index is 14.9. The zero-order chi connectivity index (χ0) is 45.1. The van der Waals surface area contributed by atoms with E-state index in [1.165, 1.54) is 31.5 Å². The Morgan fingerprint density at radius 2 is 1.64 bits per heavy atom. The second-order valence-electron chi connectivity index (χ2n) is 19.2. The van der Waals surface area contributed by atoms with Gasteiger partial charge in [0.15, 0.2) is 5.03 Å². The van der Waals surface area contributed by atoms with Gasteiger partial charge in [-0.25, -0.2) is 31.3 Å². The smallest absolute Gasteiger partial charge is 0.315 e. The van der Waals surface area contributed by atoms with Crippen molar-refractivity contribution in [3.63, 3.8) is 0 Å². The molecule has 5 amide bonds. The molecule has 4 fully saturated rings. The Morgan fingerprint density at radius 1 is 0.984 bits per heavy atom. The number of carbonyl (C=O) groups is 4. The van der Waals surface area contributed by atoms with Crippen LogP contribution in [-0.2, 0) is 34.4 Å². The fraction of sp³-hybridized carbons (Fsp3) is 0.605. The highest BCUT2D eigenvalue weighted by Crippen LogP contribution is 2.88. The van der Waals surface area contributed by atoms with Crippen molar-refractivity contribution in [1.29, 1.82) is 0 Å². The predicted molar refractivity (Wildman–Crippen MR) is 231 cm³/mol. The Morgan fingerprint density at radius 3 is 2.16 bits per heavy atom. The van der Waals surface area contributed by atoms with Crippen molar-refractivity contribution in [1.82, 2.24) is 34.9 Å². The van der Waals surface area contributed by atoms with E-state index in [2.05, 4.69) is 51.4 Å². The number of aromatic nitrogens is 1. The maximum Gasteiger partial charge on any atom is 0.315 e. The molecule has 61 heavy (non-hydrogen) atoms. The van der Waals surface area contributed by atoms with Gasteiger partial charge in [0, 0.05) is 50.8 Å². The number of rotatable bonds is 15. The molecule has 334 valence electrons.